The predicted octanol–water partition coefficient (Wildman–Crippen LogP) is 2.73. The van der Waals surface area contributed by atoms with E-state index in [0.29, 0.717) is 29.5 Å². The van der Waals surface area contributed by atoms with Crippen LogP contribution >= 0.6 is 0 Å². The number of nitrogens with zero attached hydrogens (tertiary/aromatic N) is 3. The molecule has 1 aliphatic heterocycles. The number of carbonyl (C=O) groups is 1. The lowest BCUT2D eigenvalue weighted by Crippen LogP contribution is -2.31. The maximum Gasteiger partial charge on any atom is 0.280 e. The number of hydrogen-bond donors (Lipinski definition) is 2. The molecule has 0 aliphatic carbocycles. The number of aromatic amines is 1. The van der Waals surface area contributed by atoms with E-state index in [1.165, 1.54) is 23.7 Å². The molecule has 3 heterocycles. The maximum absolute atomic E-state index is 13.0. The van der Waals surface area contributed by atoms with Crippen LogP contribution < -0.4 is 10.9 Å². The molecule has 0 bridgehead atoms. The monoisotopic (exact) mass is 429 g/mol. The van der Waals surface area contributed by atoms with Gasteiger partial charge in [0.2, 0.25) is 0 Å². The molecule has 4 rings (SSSR count). The highest BCUT2D eigenvalue weighted by molar-refractivity contribution is 5.93. The van der Waals surface area contributed by atoms with Crippen molar-refractivity contribution in [2.45, 2.75) is 32.2 Å². The fourth-order valence-corrected chi connectivity index (χ4v) is 4.24. The molecule has 2 N–H and O–H groups in total. The van der Waals surface area contributed by atoms with E-state index in [0.717, 1.165) is 29.7 Å². The first-order chi connectivity index (χ1) is 15.5. The Hall–Kier alpha value is -3.63. The molecule has 0 spiro atoms. The lowest BCUT2D eigenvalue weighted by atomic mass is 10.0. The highest BCUT2D eigenvalue weighted by atomic mass is 16.1. The van der Waals surface area contributed by atoms with Gasteiger partial charge >= 0.3 is 0 Å². The van der Waals surface area contributed by atoms with E-state index in [-0.39, 0.29) is 11.5 Å². The number of amides is 1. The number of hydrogen-bond acceptors (Lipinski definition) is 4. The van der Waals surface area contributed by atoms with Crippen LogP contribution in [0.15, 0.2) is 47.5 Å². The first kappa shape index (κ1) is 21.6. The summed E-state index contributed by atoms with van der Waals surface area (Å²) in [5, 5.41) is 5.92. The van der Waals surface area contributed by atoms with Crippen molar-refractivity contribution in [3.63, 3.8) is 0 Å². The lowest BCUT2D eigenvalue weighted by molar-refractivity contribution is 0.0950. The van der Waals surface area contributed by atoms with Gasteiger partial charge in [-0.3, -0.25) is 14.7 Å². The van der Waals surface area contributed by atoms with E-state index in [1.807, 2.05) is 25.1 Å². The van der Waals surface area contributed by atoms with Gasteiger partial charge in [-0.25, -0.2) is 9.67 Å². The zero-order valence-corrected chi connectivity index (χ0v) is 18.4. The number of aromatic nitrogens is 3. The van der Waals surface area contributed by atoms with Gasteiger partial charge in [0, 0.05) is 30.5 Å². The topological polar surface area (TPSA) is 83.0 Å². The van der Waals surface area contributed by atoms with Gasteiger partial charge < -0.3 is 10.2 Å². The summed E-state index contributed by atoms with van der Waals surface area (Å²) in [6.45, 7) is 3.68. The van der Waals surface area contributed by atoms with Crippen molar-refractivity contribution in [3.8, 4) is 29.3 Å². The Bertz CT molecular complexity index is 1220. The quantitative estimate of drug-likeness (QED) is 0.591. The number of carbonyl (C=O) groups excluding carboxylic acids is 1. The summed E-state index contributed by atoms with van der Waals surface area (Å²) in [5.74, 6) is 2.86. The van der Waals surface area contributed by atoms with Crippen molar-refractivity contribution >= 4 is 5.91 Å². The molecule has 1 atom stereocenters. The summed E-state index contributed by atoms with van der Waals surface area (Å²) in [6.07, 6.45) is 11.9. The van der Waals surface area contributed by atoms with Crippen LogP contribution in [-0.4, -0.2) is 51.8 Å². The number of H-pyrrole nitrogens is 1. The van der Waals surface area contributed by atoms with Crippen molar-refractivity contribution < 1.29 is 4.79 Å². The second-order valence-corrected chi connectivity index (χ2v) is 8.23. The highest BCUT2D eigenvalue weighted by Gasteiger charge is 2.20. The van der Waals surface area contributed by atoms with Gasteiger partial charge in [0.1, 0.15) is 0 Å². The third-order valence-corrected chi connectivity index (χ3v) is 6.13. The van der Waals surface area contributed by atoms with Crippen LogP contribution in [0, 0.1) is 19.3 Å². The summed E-state index contributed by atoms with van der Waals surface area (Å²) in [7, 11) is 2.13. The van der Waals surface area contributed by atoms with Crippen LogP contribution in [-0.2, 0) is 0 Å². The minimum absolute atomic E-state index is 0.159. The van der Waals surface area contributed by atoms with E-state index < -0.39 is 0 Å². The Morgan fingerprint density at radius 2 is 2.16 bits per heavy atom. The summed E-state index contributed by atoms with van der Waals surface area (Å²) < 4.78 is 1.36. The zero-order chi connectivity index (χ0) is 22.7. The number of rotatable bonds is 6. The van der Waals surface area contributed by atoms with Crippen LogP contribution in [0.1, 0.15) is 40.7 Å². The van der Waals surface area contributed by atoms with Gasteiger partial charge in [0.25, 0.3) is 11.5 Å². The molecule has 0 radical (unpaired) electrons. The Balaban J connectivity index is 1.45. The van der Waals surface area contributed by atoms with Crippen LogP contribution in [0.3, 0.4) is 0 Å². The maximum atomic E-state index is 13.0. The summed E-state index contributed by atoms with van der Waals surface area (Å²) in [6, 6.07) is 9.42. The van der Waals surface area contributed by atoms with Gasteiger partial charge in [-0.05, 0) is 75.2 Å². The minimum atomic E-state index is -0.216. The standard InChI is InChI=1S/C25H27N5O2/c1-4-18-7-9-21(17(2)14-18)22-16-28-30(25(22)32)23-10-8-19(15-27-23)24(31)26-12-11-20-6-5-13-29(20)3/h1,7-10,14-16,20,28H,5-6,11-13H2,2-3H3,(H,26,31). The molecule has 7 nitrogen and oxygen atoms in total. The Morgan fingerprint density at radius 3 is 2.81 bits per heavy atom. The van der Waals surface area contributed by atoms with Crippen molar-refractivity contribution in [1.29, 1.82) is 0 Å². The molecule has 32 heavy (non-hydrogen) atoms. The van der Waals surface area contributed by atoms with Crippen LogP contribution in [0.5, 0.6) is 0 Å². The fourth-order valence-electron chi connectivity index (χ4n) is 4.24. The van der Waals surface area contributed by atoms with Gasteiger partial charge in [-0.2, -0.15) is 0 Å². The van der Waals surface area contributed by atoms with Crippen molar-refractivity contribution in [2.75, 3.05) is 20.1 Å². The average molecular weight is 430 g/mol. The van der Waals surface area contributed by atoms with Gasteiger partial charge in [-0.15, -0.1) is 6.42 Å². The second kappa shape index (κ2) is 9.25. The van der Waals surface area contributed by atoms with Crippen molar-refractivity contribution in [3.05, 3.63) is 69.8 Å². The molecule has 2 aromatic heterocycles. The van der Waals surface area contributed by atoms with Crippen molar-refractivity contribution in [1.82, 2.24) is 25.0 Å². The molecule has 1 amide bonds. The molecule has 1 fully saturated rings. The Kier molecular flexibility index (Phi) is 6.24. The molecule has 1 unspecified atom stereocenters. The second-order valence-electron chi connectivity index (χ2n) is 8.23. The van der Waals surface area contributed by atoms with Crippen LogP contribution in [0.25, 0.3) is 16.9 Å². The minimum Gasteiger partial charge on any atom is -0.352 e. The van der Waals surface area contributed by atoms with Crippen LogP contribution in [0.2, 0.25) is 0 Å². The SMILES string of the molecule is C#Cc1ccc(-c2c[nH]n(-c3ccc(C(=O)NCCC4CCCN4C)cn3)c2=O)c(C)c1. The van der Waals surface area contributed by atoms with Gasteiger partial charge in [0.15, 0.2) is 5.82 Å². The average Bonchev–Trinajstić information content (AvgIpc) is 3.39. The molecule has 3 aromatic rings. The Morgan fingerprint density at radius 1 is 1.31 bits per heavy atom. The number of pyridine rings is 1. The molecule has 7 heteroatoms. The highest BCUT2D eigenvalue weighted by Crippen LogP contribution is 2.21. The first-order valence-electron chi connectivity index (χ1n) is 10.8. The number of aryl methyl sites for hydroxylation is 1. The summed E-state index contributed by atoms with van der Waals surface area (Å²) in [4.78, 5) is 32.1. The van der Waals surface area contributed by atoms with E-state index in [1.54, 1.807) is 18.3 Å². The van der Waals surface area contributed by atoms with Gasteiger partial charge in [0.05, 0.1) is 11.1 Å². The molecule has 164 valence electrons. The molecule has 1 saturated heterocycles. The largest absolute Gasteiger partial charge is 0.352 e. The third-order valence-electron chi connectivity index (χ3n) is 6.13. The van der Waals surface area contributed by atoms with Crippen molar-refractivity contribution in [2.24, 2.45) is 0 Å². The van der Waals surface area contributed by atoms with E-state index in [2.05, 4.69) is 33.3 Å². The molecular weight excluding hydrogens is 402 g/mol. The number of terminal acetylenes is 1. The Labute approximate surface area is 187 Å². The number of nitrogens with one attached hydrogen (secondary N) is 2. The molecule has 0 saturated carbocycles. The van der Waals surface area contributed by atoms with E-state index in [9.17, 15) is 9.59 Å². The fraction of sp³-hybridized carbons (Fsp3) is 0.320. The predicted molar refractivity (Wildman–Crippen MR) is 125 cm³/mol. The normalized spacial score (nSPS) is 16.1. The lowest BCUT2D eigenvalue weighted by Gasteiger charge is -2.19. The van der Waals surface area contributed by atoms with Crippen LogP contribution in [0.4, 0.5) is 0 Å². The van der Waals surface area contributed by atoms with E-state index >= 15 is 0 Å². The molecular formula is C25H27N5O2. The summed E-state index contributed by atoms with van der Waals surface area (Å²) >= 11 is 0. The third kappa shape index (κ3) is 4.36. The molecule has 1 aromatic carbocycles. The first-order valence-corrected chi connectivity index (χ1v) is 10.8. The number of benzene rings is 1. The zero-order valence-electron chi connectivity index (χ0n) is 18.4. The smallest absolute Gasteiger partial charge is 0.280 e. The molecule has 1 aliphatic rings. The van der Waals surface area contributed by atoms with E-state index in [4.69, 9.17) is 6.42 Å². The summed E-state index contributed by atoms with van der Waals surface area (Å²) in [5.41, 5.74) is 3.29. The number of likely N-dealkylation sites (tertiary alicyclic amines) is 1. The van der Waals surface area contributed by atoms with Gasteiger partial charge in [-0.1, -0.05) is 12.0 Å².